The van der Waals surface area contributed by atoms with E-state index < -0.39 is 28.5 Å². The van der Waals surface area contributed by atoms with Gasteiger partial charge in [-0.2, -0.15) is 0 Å². The third kappa shape index (κ3) is 2.90. The molecule has 0 aromatic carbocycles. The average Bonchev–Trinajstić information content (AvgIpc) is 2.79. The van der Waals surface area contributed by atoms with E-state index in [0.717, 1.165) is 44.9 Å². The highest BCUT2D eigenvalue weighted by Crippen LogP contribution is 2.76. The maximum Gasteiger partial charge on any atom is 0.310 e. The highest BCUT2D eigenvalue weighted by molar-refractivity contribution is 5.77. The van der Waals surface area contributed by atoms with Crippen molar-refractivity contribution in [3.63, 3.8) is 0 Å². The van der Waals surface area contributed by atoms with Crippen LogP contribution in [0.3, 0.4) is 0 Å². The standard InChI is InChI=1S/C30H48O5/c1-18-9-14-30(24(33)34)16-15-27(4)19(23(30)29(18,6)35)7-8-21-25(2)12-11-22(32)26(3,17-31)20(25)10-13-28(21,27)5/h7,18,20-23,31-32,35H,8-17H2,1-6H3,(H,33,34)/t18-,20+,21+,22+,23+,25+,26-,27-,28-,29-,30+/m1/s1. The molecule has 0 spiro atoms. The van der Waals surface area contributed by atoms with Crippen LogP contribution >= 0.6 is 0 Å². The van der Waals surface area contributed by atoms with Crippen molar-refractivity contribution < 1.29 is 25.2 Å². The fourth-order valence-electron chi connectivity index (χ4n) is 10.9. The fraction of sp³-hybridized carbons (Fsp3) is 0.900. The van der Waals surface area contributed by atoms with E-state index in [9.17, 15) is 25.2 Å². The van der Waals surface area contributed by atoms with Gasteiger partial charge in [0.2, 0.25) is 0 Å². The van der Waals surface area contributed by atoms with E-state index in [0.29, 0.717) is 18.8 Å². The lowest BCUT2D eigenvalue weighted by Crippen LogP contribution is -2.68. The minimum atomic E-state index is -1.04. The minimum Gasteiger partial charge on any atom is -0.481 e. The summed E-state index contributed by atoms with van der Waals surface area (Å²) in [5.41, 5.74) is -1.35. The van der Waals surface area contributed by atoms with Crippen LogP contribution in [0.25, 0.3) is 0 Å². The molecule has 198 valence electrons. The van der Waals surface area contributed by atoms with Gasteiger partial charge >= 0.3 is 5.97 Å². The Kier molecular flexibility index (Phi) is 5.56. The molecule has 0 aliphatic heterocycles. The van der Waals surface area contributed by atoms with E-state index in [1.54, 1.807) is 0 Å². The van der Waals surface area contributed by atoms with Gasteiger partial charge in [0.25, 0.3) is 0 Å². The minimum absolute atomic E-state index is 0.0115. The van der Waals surface area contributed by atoms with Gasteiger partial charge in [0, 0.05) is 11.3 Å². The molecule has 4 fully saturated rings. The predicted octanol–water partition coefficient (Wildman–Crippen LogP) is 5.18. The summed E-state index contributed by atoms with van der Waals surface area (Å²) >= 11 is 0. The van der Waals surface area contributed by atoms with Crippen molar-refractivity contribution in [1.29, 1.82) is 0 Å². The third-order valence-electron chi connectivity index (χ3n) is 13.6. The van der Waals surface area contributed by atoms with Crippen molar-refractivity contribution in [3.05, 3.63) is 11.6 Å². The van der Waals surface area contributed by atoms with E-state index in [4.69, 9.17) is 0 Å². The smallest absolute Gasteiger partial charge is 0.310 e. The summed E-state index contributed by atoms with van der Waals surface area (Å²) in [6.07, 6.45) is 9.32. The molecule has 5 heteroatoms. The summed E-state index contributed by atoms with van der Waals surface area (Å²) in [6, 6.07) is 0. The van der Waals surface area contributed by atoms with Crippen molar-refractivity contribution in [2.24, 2.45) is 50.7 Å². The van der Waals surface area contributed by atoms with Gasteiger partial charge < -0.3 is 20.4 Å². The molecule has 0 unspecified atom stereocenters. The molecule has 0 heterocycles. The zero-order valence-electron chi connectivity index (χ0n) is 22.7. The molecular formula is C30H48O5. The van der Waals surface area contributed by atoms with Crippen LogP contribution < -0.4 is 0 Å². The van der Waals surface area contributed by atoms with E-state index in [2.05, 4.69) is 40.7 Å². The molecule has 5 aliphatic carbocycles. The van der Waals surface area contributed by atoms with Crippen molar-refractivity contribution in [2.75, 3.05) is 6.61 Å². The summed E-state index contributed by atoms with van der Waals surface area (Å²) < 4.78 is 0. The molecule has 4 N–H and O–H groups in total. The summed E-state index contributed by atoms with van der Waals surface area (Å²) in [5.74, 6) is -0.356. The lowest BCUT2D eigenvalue weighted by Gasteiger charge is -2.71. The third-order valence-corrected chi connectivity index (χ3v) is 13.6. The molecule has 11 atom stereocenters. The Bertz CT molecular complexity index is 941. The first-order valence-electron chi connectivity index (χ1n) is 14.1. The van der Waals surface area contributed by atoms with Crippen molar-refractivity contribution in [3.8, 4) is 0 Å². The van der Waals surface area contributed by atoms with Crippen LogP contribution in [0.5, 0.6) is 0 Å². The number of hydrogen-bond donors (Lipinski definition) is 4. The topological polar surface area (TPSA) is 98.0 Å². The maximum absolute atomic E-state index is 12.8. The molecule has 5 nitrogen and oxygen atoms in total. The zero-order chi connectivity index (χ0) is 25.8. The van der Waals surface area contributed by atoms with Crippen LogP contribution in [0.2, 0.25) is 0 Å². The number of carboxylic acid groups (broad SMARTS) is 1. The first-order valence-corrected chi connectivity index (χ1v) is 14.1. The highest BCUT2D eigenvalue weighted by atomic mass is 16.4. The molecule has 4 saturated carbocycles. The monoisotopic (exact) mass is 488 g/mol. The number of aliphatic carboxylic acids is 1. The van der Waals surface area contributed by atoms with Crippen LogP contribution in [-0.2, 0) is 4.79 Å². The van der Waals surface area contributed by atoms with Crippen molar-refractivity contribution in [1.82, 2.24) is 0 Å². The first-order chi connectivity index (χ1) is 16.1. The second kappa shape index (κ2) is 7.57. The zero-order valence-corrected chi connectivity index (χ0v) is 22.7. The van der Waals surface area contributed by atoms with E-state index >= 15 is 0 Å². The lowest BCUT2D eigenvalue weighted by atomic mass is 9.33. The molecule has 0 radical (unpaired) electrons. The number of aliphatic hydroxyl groups excluding tert-OH is 2. The van der Waals surface area contributed by atoms with Crippen LogP contribution in [-0.4, -0.2) is 44.7 Å². The number of fused-ring (bicyclic) bond motifs is 7. The van der Waals surface area contributed by atoms with Crippen LogP contribution in [0.15, 0.2) is 11.6 Å². The number of aliphatic hydroxyl groups is 3. The van der Waals surface area contributed by atoms with Gasteiger partial charge in [-0.1, -0.05) is 46.3 Å². The summed E-state index contributed by atoms with van der Waals surface area (Å²) in [4.78, 5) is 12.8. The summed E-state index contributed by atoms with van der Waals surface area (Å²) in [6.45, 7) is 13.3. The van der Waals surface area contributed by atoms with Crippen LogP contribution in [0.1, 0.15) is 99.3 Å². The Hall–Kier alpha value is -0.910. The number of carbonyl (C=O) groups is 1. The quantitative estimate of drug-likeness (QED) is 0.402. The molecule has 0 aromatic heterocycles. The Labute approximate surface area is 211 Å². The summed E-state index contributed by atoms with van der Waals surface area (Å²) in [5, 5.41) is 43.8. The first kappa shape index (κ1) is 25.7. The second-order valence-electron chi connectivity index (χ2n) is 14.6. The number of carboxylic acids is 1. The van der Waals surface area contributed by atoms with E-state index in [1.165, 1.54) is 5.57 Å². The Morgan fingerprint density at radius 1 is 0.971 bits per heavy atom. The molecule has 5 rings (SSSR count). The summed E-state index contributed by atoms with van der Waals surface area (Å²) in [7, 11) is 0. The lowest BCUT2D eigenvalue weighted by molar-refractivity contribution is -0.225. The Balaban J connectivity index is 1.64. The van der Waals surface area contributed by atoms with Crippen molar-refractivity contribution >= 4 is 5.97 Å². The molecule has 0 amide bonds. The fourth-order valence-corrected chi connectivity index (χ4v) is 10.9. The molecule has 0 aromatic rings. The highest BCUT2D eigenvalue weighted by Gasteiger charge is 2.71. The van der Waals surface area contributed by atoms with E-state index in [1.807, 2.05) is 6.92 Å². The molecule has 35 heavy (non-hydrogen) atoms. The second-order valence-corrected chi connectivity index (χ2v) is 14.6. The van der Waals surface area contributed by atoms with E-state index in [-0.39, 0.29) is 40.6 Å². The average molecular weight is 489 g/mol. The van der Waals surface area contributed by atoms with Gasteiger partial charge in [0.15, 0.2) is 0 Å². The molecule has 5 aliphatic rings. The van der Waals surface area contributed by atoms with Crippen LogP contribution in [0.4, 0.5) is 0 Å². The van der Waals surface area contributed by atoms with Gasteiger partial charge in [0.1, 0.15) is 0 Å². The molecular weight excluding hydrogens is 440 g/mol. The van der Waals surface area contributed by atoms with Gasteiger partial charge in [-0.15, -0.1) is 0 Å². The Morgan fingerprint density at radius 2 is 1.66 bits per heavy atom. The number of allylic oxidation sites excluding steroid dienone is 1. The number of hydrogen-bond acceptors (Lipinski definition) is 4. The van der Waals surface area contributed by atoms with Crippen molar-refractivity contribution in [2.45, 2.75) is 111 Å². The molecule has 0 bridgehead atoms. The van der Waals surface area contributed by atoms with Gasteiger partial charge in [-0.05, 0) is 98.7 Å². The molecule has 0 saturated heterocycles. The van der Waals surface area contributed by atoms with Gasteiger partial charge in [-0.25, -0.2) is 0 Å². The predicted molar refractivity (Wildman–Crippen MR) is 135 cm³/mol. The normalized spacial score (nSPS) is 57.7. The van der Waals surface area contributed by atoms with Gasteiger partial charge in [0.05, 0.1) is 23.7 Å². The Morgan fingerprint density at radius 3 is 2.29 bits per heavy atom. The largest absolute Gasteiger partial charge is 0.481 e. The van der Waals surface area contributed by atoms with Crippen LogP contribution in [0, 0.1) is 50.7 Å². The maximum atomic E-state index is 12.8. The SMILES string of the molecule is C[C@@H]1CC[C@]2(C(=O)O)CC[C@]3(C)C(=CC[C@H]4[C@@]5(C)CC[C@H](O)[C@](C)(CO)[C@H]5CC[C@]43C)[C@H]2[C@]1(C)O. The number of rotatable bonds is 2. The van der Waals surface area contributed by atoms with Gasteiger partial charge in [-0.3, -0.25) is 4.79 Å².